The van der Waals surface area contributed by atoms with Gasteiger partial charge < -0.3 is 14.6 Å². The highest BCUT2D eigenvalue weighted by molar-refractivity contribution is 6.30. The molecular formula is C20H22ClN3O. The van der Waals surface area contributed by atoms with Crippen LogP contribution in [0.3, 0.4) is 0 Å². The van der Waals surface area contributed by atoms with E-state index >= 15 is 0 Å². The number of rotatable bonds is 9. The van der Waals surface area contributed by atoms with Crippen molar-refractivity contribution in [2.75, 3.05) is 6.54 Å². The standard InChI is InChI=1S/C20H22ClN3O/c21-19-6-2-18(3-7-19)15-25-20-8-4-17(5-9-20)14-22-10-1-12-24-13-11-23-16-24/h2-9,11,13,16,22H,1,10,12,14-15H2. The van der Waals surface area contributed by atoms with E-state index in [9.17, 15) is 0 Å². The quantitative estimate of drug-likeness (QED) is 0.582. The maximum absolute atomic E-state index is 5.88. The van der Waals surface area contributed by atoms with E-state index in [2.05, 4.69) is 27.0 Å². The Kier molecular flexibility index (Phi) is 6.48. The predicted molar refractivity (Wildman–Crippen MR) is 101 cm³/mol. The predicted octanol–water partition coefficient (Wildman–Crippen LogP) is 4.30. The summed E-state index contributed by atoms with van der Waals surface area (Å²) in [5.74, 6) is 0.874. The molecule has 0 saturated carbocycles. The normalized spacial score (nSPS) is 10.8. The molecule has 0 aliphatic rings. The van der Waals surface area contributed by atoms with Crippen LogP contribution in [0.15, 0.2) is 67.3 Å². The first kappa shape index (κ1) is 17.5. The number of nitrogens with one attached hydrogen (secondary N) is 1. The second kappa shape index (κ2) is 9.25. The second-order valence-corrected chi connectivity index (χ2v) is 6.33. The fraction of sp³-hybridized carbons (Fsp3) is 0.250. The number of aryl methyl sites for hydroxylation is 1. The SMILES string of the molecule is Clc1ccc(COc2ccc(CNCCCn3ccnc3)cc2)cc1. The lowest BCUT2D eigenvalue weighted by Gasteiger charge is -2.09. The van der Waals surface area contributed by atoms with E-state index in [-0.39, 0.29) is 0 Å². The van der Waals surface area contributed by atoms with Gasteiger partial charge in [-0.05, 0) is 48.4 Å². The number of halogens is 1. The van der Waals surface area contributed by atoms with Gasteiger partial charge in [0, 0.05) is 30.5 Å². The molecule has 1 N–H and O–H groups in total. The molecule has 0 spiro atoms. The molecule has 4 nitrogen and oxygen atoms in total. The van der Waals surface area contributed by atoms with Crippen LogP contribution in [0.5, 0.6) is 5.75 Å². The third-order valence-electron chi connectivity index (χ3n) is 3.90. The highest BCUT2D eigenvalue weighted by Crippen LogP contribution is 2.15. The molecule has 0 aliphatic carbocycles. The maximum atomic E-state index is 5.88. The molecule has 3 aromatic rings. The summed E-state index contributed by atoms with van der Waals surface area (Å²) in [6.45, 7) is 3.38. The molecule has 130 valence electrons. The van der Waals surface area contributed by atoms with Crippen LogP contribution in [0.1, 0.15) is 17.5 Å². The average molecular weight is 356 g/mol. The summed E-state index contributed by atoms with van der Waals surface area (Å²) < 4.78 is 7.89. The molecule has 0 amide bonds. The fourth-order valence-corrected chi connectivity index (χ4v) is 2.62. The van der Waals surface area contributed by atoms with Gasteiger partial charge in [-0.25, -0.2) is 4.98 Å². The molecule has 0 saturated heterocycles. The number of aromatic nitrogens is 2. The van der Waals surface area contributed by atoms with Crippen molar-refractivity contribution in [3.05, 3.63) is 83.4 Å². The maximum Gasteiger partial charge on any atom is 0.119 e. The number of ether oxygens (including phenoxy) is 1. The van der Waals surface area contributed by atoms with Gasteiger partial charge in [0.15, 0.2) is 0 Å². The van der Waals surface area contributed by atoms with E-state index in [1.165, 1.54) is 5.56 Å². The summed E-state index contributed by atoms with van der Waals surface area (Å²) in [5.41, 5.74) is 2.36. The Bertz CT molecular complexity index is 740. The molecule has 0 atom stereocenters. The molecule has 1 heterocycles. The summed E-state index contributed by atoms with van der Waals surface area (Å²) in [6.07, 6.45) is 6.73. The van der Waals surface area contributed by atoms with Crippen LogP contribution in [0.2, 0.25) is 5.02 Å². The van der Waals surface area contributed by atoms with Gasteiger partial charge in [0.1, 0.15) is 12.4 Å². The number of hydrogen-bond donors (Lipinski definition) is 1. The van der Waals surface area contributed by atoms with Crippen molar-refractivity contribution in [2.45, 2.75) is 26.1 Å². The zero-order valence-corrected chi connectivity index (χ0v) is 14.8. The van der Waals surface area contributed by atoms with Crippen LogP contribution in [0, 0.1) is 0 Å². The van der Waals surface area contributed by atoms with Crippen LogP contribution in [0.4, 0.5) is 0 Å². The van der Waals surface area contributed by atoms with Crippen molar-refractivity contribution in [2.24, 2.45) is 0 Å². The van der Waals surface area contributed by atoms with Gasteiger partial charge in [0.25, 0.3) is 0 Å². The lowest BCUT2D eigenvalue weighted by molar-refractivity contribution is 0.306. The third-order valence-corrected chi connectivity index (χ3v) is 4.15. The first-order valence-electron chi connectivity index (χ1n) is 8.42. The zero-order valence-electron chi connectivity index (χ0n) is 14.1. The lowest BCUT2D eigenvalue weighted by Crippen LogP contribution is -2.16. The molecule has 3 rings (SSSR count). The molecule has 0 bridgehead atoms. The average Bonchev–Trinajstić information content (AvgIpc) is 3.15. The smallest absolute Gasteiger partial charge is 0.119 e. The number of hydrogen-bond acceptors (Lipinski definition) is 3. The molecule has 25 heavy (non-hydrogen) atoms. The highest BCUT2D eigenvalue weighted by atomic mass is 35.5. The summed E-state index contributed by atoms with van der Waals surface area (Å²) >= 11 is 5.88. The van der Waals surface area contributed by atoms with Gasteiger partial charge in [-0.1, -0.05) is 35.9 Å². The van der Waals surface area contributed by atoms with Crippen LogP contribution in [0.25, 0.3) is 0 Å². The number of imidazole rings is 1. The Morgan fingerprint density at radius 3 is 2.48 bits per heavy atom. The molecule has 0 unspecified atom stereocenters. The van der Waals surface area contributed by atoms with Crippen LogP contribution in [-0.2, 0) is 19.7 Å². The molecular weight excluding hydrogens is 334 g/mol. The summed E-state index contributed by atoms with van der Waals surface area (Å²) in [4.78, 5) is 4.04. The molecule has 0 radical (unpaired) electrons. The van der Waals surface area contributed by atoms with Crippen LogP contribution < -0.4 is 10.1 Å². The Labute approximate surface area is 153 Å². The largest absolute Gasteiger partial charge is 0.489 e. The van der Waals surface area contributed by atoms with Gasteiger partial charge in [-0.3, -0.25) is 0 Å². The highest BCUT2D eigenvalue weighted by Gasteiger charge is 1.98. The Morgan fingerprint density at radius 1 is 1.00 bits per heavy atom. The minimum absolute atomic E-state index is 0.545. The first-order valence-corrected chi connectivity index (χ1v) is 8.80. The zero-order chi connectivity index (χ0) is 17.3. The molecule has 0 aliphatic heterocycles. The van der Waals surface area contributed by atoms with E-state index in [0.29, 0.717) is 6.61 Å². The van der Waals surface area contributed by atoms with E-state index in [1.54, 1.807) is 0 Å². The molecule has 2 aromatic carbocycles. The number of nitrogens with zero attached hydrogens (tertiary/aromatic N) is 2. The minimum Gasteiger partial charge on any atom is -0.489 e. The summed E-state index contributed by atoms with van der Waals surface area (Å²) in [7, 11) is 0. The van der Waals surface area contributed by atoms with Crippen molar-refractivity contribution < 1.29 is 4.74 Å². The minimum atomic E-state index is 0.545. The summed E-state index contributed by atoms with van der Waals surface area (Å²) in [5, 5.41) is 4.20. The van der Waals surface area contributed by atoms with Gasteiger partial charge >= 0.3 is 0 Å². The topological polar surface area (TPSA) is 39.1 Å². The second-order valence-electron chi connectivity index (χ2n) is 5.89. The van der Waals surface area contributed by atoms with Crippen molar-refractivity contribution >= 4 is 11.6 Å². The monoisotopic (exact) mass is 355 g/mol. The lowest BCUT2D eigenvalue weighted by atomic mass is 10.2. The van der Waals surface area contributed by atoms with E-state index in [0.717, 1.165) is 42.4 Å². The van der Waals surface area contributed by atoms with E-state index in [1.807, 2.05) is 55.1 Å². The van der Waals surface area contributed by atoms with Crippen LogP contribution >= 0.6 is 11.6 Å². The fourth-order valence-electron chi connectivity index (χ4n) is 2.49. The van der Waals surface area contributed by atoms with E-state index < -0.39 is 0 Å². The molecule has 1 aromatic heterocycles. The Balaban J connectivity index is 1.36. The van der Waals surface area contributed by atoms with Crippen molar-refractivity contribution in [3.8, 4) is 5.75 Å². The van der Waals surface area contributed by atoms with Gasteiger partial charge in [-0.15, -0.1) is 0 Å². The Hall–Kier alpha value is -2.30. The first-order chi connectivity index (χ1) is 12.3. The molecule has 5 heteroatoms. The summed E-state index contributed by atoms with van der Waals surface area (Å²) in [6, 6.07) is 15.9. The van der Waals surface area contributed by atoms with Crippen LogP contribution in [-0.4, -0.2) is 16.1 Å². The molecule has 0 fully saturated rings. The number of benzene rings is 2. The van der Waals surface area contributed by atoms with Gasteiger partial charge in [0.05, 0.1) is 6.33 Å². The van der Waals surface area contributed by atoms with Gasteiger partial charge in [-0.2, -0.15) is 0 Å². The van der Waals surface area contributed by atoms with Crippen molar-refractivity contribution in [1.29, 1.82) is 0 Å². The third kappa shape index (κ3) is 5.93. The Morgan fingerprint density at radius 2 is 1.76 bits per heavy atom. The van der Waals surface area contributed by atoms with Crippen molar-refractivity contribution in [3.63, 3.8) is 0 Å². The van der Waals surface area contributed by atoms with E-state index in [4.69, 9.17) is 16.3 Å². The van der Waals surface area contributed by atoms with Crippen molar-refractivity contribution in [1.82, 2.24) is 14.9 Å². The van der Waals surface area contributed by atoms with Gasteiger partial charge in [0.2, 0.25) is 0 Å².